The van der Waals surface area contributed by atoms with Crippen LogP contribution < -0.4 is 15.4 Å². The number of aliphatic imine (C=N–C) groups is 1. The number of guanidine groups is 1. The molecule has 0 unspecified atom stereocenters. The number of aromatic nitrogens is 1. The lowest BCUT2D eigenvalue weighted by molar-refractivity contribution is 0.322. The van der Waals surface area contributed by atoms with E-state index in [0.29, 0.717) is 34.9 Å². The van der Waals surface area contributed by atoms with Crippen molar-refractivity contribution in [2.75, 3.05) is 26.7 Å². The highest BCUT2D eigenvalue weighted by Crippen LogP contribution is 2.31. The van der Waals surface area contributed by atoms with Crippen LogP contribution in [0.15, 0.2) is 47.6 Å². The van der Waals surface area contributed by atoms with E-state index in [0.717, 1.165) is 18.7 Å². The SMILES string of the molecule is CN=C(NCCOc1cccc(Cl)c1Cl)NCCc1ccccn1. The lowest BCUT2D eigenvalue weighted by Gasteiger charge is -2.13. The standard InChI is InChI=1S/C17H20Cl2N4O/c1-20-17(22-10-8-13-5-2-3-9-21-13)23-11-12-24-15-7-4-6-14(18)16(15)19/h2-7,9H,8,10-12H2,1H3,(H2,20,22,23). The van der Waals surface area contributed by atoms with Crippen LogP contribution in [0.5, 0.6) is 5.75 Å². The molecule has 0 aliphatic heterocycles. The average Bonchev–Trinajstić information content (AvgIpc) is 2.61. The zero-order valence-electron chi connectivity index (χ0n) is 13.4. The first kappa shape index (κ1) is 18.4. The van der Waals surface area contributed by atoms with Crippen molar-refractivity contribution in [1.29, 1.82) is 0 Å². The number of rotatable bonds is 7. The van der Waals surface area contributed by atoms with E-state index in [1.54, 1.807) is 31.4 Å². The van der Waals surface area contributed by atoms with Gasteiger partial charge in [0.25, 0.3) is 0 Å². The van der Waals surface area contributed by atoms with Gasteiger partial charge in [-0.05, 0) is 24.3 Å². The predicted octanol–water partition coefficient (Wildman–Crippen LogP) is 3.17. The molecular weight excluding hydrogens is 347 g/mol. The van der Waals surface area contributed by atoms with E-state index < -0.39 is 0 Å². The second-order valence-corrected chi connectivity index (χ2v) is 5.68. The molecule has 2 N–H and O–H groups in total. The number of halogens is 2. The quantitative estimate of drug-likeness (QED) is 0.448. The van der Waals surface area contributed by atoms with Gasteiger partial charge in [0.15, 0.2) is 5.96 Å². The van der Waals surface area contributed by atoms with Crippen LogP contribution >= 0.6 is 23.2 Å². The molecule has 0 aliphatic rings. The fourth-order valence-electron chi connectivity index (χ4n) is 2.00. The molecule has 0 bridgehead atoms. The maximum Gasteiger partial charge on any atom is 0.191 e. The van der Waals surface area contributed by atoms with Gasteiger partial charge in [0.1, 0.15) is 17.4 Å². The van der Waals surface area contributed by atoms with Gasteiger partial charge in [0.05, 0.1) is 11.6 Å². The van der Waals surface area contributed by atoms with Crippen LogP contribution in [0.2, 0.25) is 10.0 Å². The summed E-state index contributed by atoms with van der Waals surface area (Å²) in [5.41, 5.74) is 1.04. The van der Waals surface area contributed by atoms with E-state index in [2.05, 4.69) is 20.6 Å². The summed E-state index contributed by atoms with van der Waals surface area (Å²) in [5, 5.41) is 7.32. The Kier molecular flexibility index (Phi) is 7.65. The minimum Gasteiger partial charge on any atom is -0.490 e. The number of nitrogens with zero attached hydrogens (tertiary/aromatic N) is 2. The Balaban J connectivity index is 1.67. The molecule has 128 valence electrons. The van der Waals surface area contributed by atoms with Gasteiger partial charge in [-0.3, -0.25) is 9.98 Å². The van der Waals surface area contributed by atoms with Crippen LogP contribution in [0.4, 0.5) is 0 Å². The molecule has 1 aromatic carbocycles. The van der Waals surface area contributed by atoms with Gasteiger partial charge in [-0.15, -0.1) is 0 Å². The zero-order valence-corrected chi connectivity index (χ0v) is 14.9. The molecule has 2 rings (SSSR count). The first-order valence-corrected chi connectivity index (χ1v) is 8.37. The number of hydrogen-bond donors (Lipinski definition) is 2. The summed E-state index contributed by atoms with van der Waals surface area (Å²) in [6.45, 7) is 1.78. The Morgan fingerprint density at radius 3 is 2.71 bits per heavy atom. The van der Waals surface area contributed by atoms with E-state index in [4.69, 9.17) is 27.9 Å². The van der Waals surface area contributed by atoms with Crippen molar-refractivity contribution in [3.05, 3.63) is 58.3 Å². The largest absolute Gasteiger partial charge is 0.490 e. The average molecular weight is 367 g/mol. The summed E-state index contributed by atoms with van der Waals surface area (Å²) in [6.07, 6.45) is 2.62. The monoisotopic (exact) mass is 366 g/mol. The second kappa shape index (κ2) is 10.0. The molecule has 0 saturated heterocycles. The smallest absolute Gasteiger partial charge is 0.191 e. The Hall–Kier alpha value is -1.98. The third-order valence-corrected chi connectivity index (χ3v) is 3.99. The van der Waals surface area contributed by atoms with Gasteiger partial charge in [0, 0.05) is 31.9 Å². The van der Waals surface area contributed by atoms with Crippen molar-refractivity contribution >= 4 is 29.2 Å². The Labute approximate surface area is 152 Å². The maximum atomic E-state index is 6.07. The summed E-state index contributed by atoms with van der Waals surface area (Å²) < 4.78 is 5.61. The number of nitrogens with one attached hydrogen (secondary N) is 2. The molecule has 1 heterocycles. The number of benzene rings is 1. The second-order valence-electron chi connectivity index (χ2n) is 4.90. The Morgan fingerprint density at radius 2 is 1.96 bits per heavy atom. The van der Waals surface area contributed by atoms with Crippen molar-refractivity contribution in [2.24, 2.45) is 4.99 Å². The summed E-state index contributed by atoms with van der Waals surface area (Å²) >= 11 is 12.0. The third-order valence-electron chi connectivity index (χ3n) is 3.19. The highest BCUT2D eigenvalue weighted by molar-refractivity contribution is 6.42. The molecular formula is C17H20Cl2N4O. The summed E-state index contributed by atoms with van der Waals surface area (Å²) in [4.78, 5) is 8.45. The minimum absolute atomic E-state index is 0.428. The van der Waals surface area contributed by atoms with E-state index in [-0.39, 0.29) is 0 Å². The molecule has 0 saturated carbocycles. The molecule has 0 aliphatic carbocycles. The fourth-order valence-corrected chi connectivity index (χ4v) is 2.35. The Bertz CT molecular complexity index is 665. The molecule has 24 heavy (non-hydrogen) atoms. The number of hydrogen-bond acceptors (Lipinski definition) is 3. The van der Waals surface area contributed by atoms with Crippen LogP contribution in [0.3, 0.4) is 0 Å². The van der Waals surface area contributed by atoms with Crippen LogP contribution in [0.1, 0.15) is 5.69 Å². The number of pyridine rings is 1. The lowest BCUT2D eigenvalue weighted by Crippen LogP contribution is -2.40. The molecule has 5 nitrogen and oxygen atoms in total. The molecule has 2 aromatic rings. The molecule has 0 atom stereocenters. The highest BCUT2D eigenvalue weighted by atomic mass is 35.5. The van der Waals surface area contributed by atoms with E-state index in [1.807, 2.05) is 18.2 Å². The summed E-state index contributed by atoms with van der Waals surface area (Å²) in [7, 11) is 1.73. The maximum absolute atomic E-state index is 6.07. The van der Waals surface area contributed by atoms with Gasteiger partial charge >= 0.3 is 0 Å². The predicted molar refractivity (Wildman–Crippen MR) is 99.3 cm³/mol. The topological polar surface area (TPSA) is 58.5 Å². The fraction of sp³-hybridized carbons (Fsp3) is 0.294. The number of ether oxygens (including phenoxy) is 1. The van der Waals surface area contributed by atoms with Crippen LogP contribution in [0.25, 0.3) is 0 Å². The van der Waals surface area contributed by atoms with Gasteiger partial charge in [-0.1, -0.05) is 35.3 Å². The normalized spacial score (nSPS) is 11.2. The van der Waals surface area contributed by atoms with E-state index in [9.17, 15) is 0 Å². The molecule has 1 aromatic heterocycles. The van der Waals surface area contributed by atoms with Gasteiger partial charge in [0.2, 0.25) is 0 Å². The first-order chi connectivity index (χ1) is 11.7. The lowest BCUT2D eigenvalue weighted by atomic mass is 10.3. The summed E-state index contributed by atoms with van der Waals surface area (Å²) in [5.74, 6) is 1.29. The molecule has 0 spiro atoms. The molecule has 0 amide bonds. The zero-order chi connectivity index (χ0) is 17.2. The van der Waals surface area contributed by atoms with Crippen molar-refractivity contribution in [1.82, 2.24) is 15.6 Å². The minimum atomic E-state index is 0.428. The first-order valence-electron chi connectivity index (χ1n) is 7.62. The third kappa shape index (κ3) is 5.91. The van der Waals surface area contributed by atoms with E-state index in [1.165, 1.54) is 0 Å². The van der Waals surface area contributed by atoms with Crippen molar-refractivity contribution in [2.45, 2.75) is 6.42 Å². The van der Waals surface area contributed by atoms with Crippen molar-refractivity contribution in [3.8, 4) is 5.75 Å². The van der Waals surface area contributed by atoms with Crippen molar-refractivity contribution < 1.29 is 4.74 Å². The van der Waals surface area contributed by atoms with Crippen LogP contribution in [-0.4, -0.2) is 37.7 Å². The van der Waals surface area contributed by atoms with Crippen molar-refractivity contribution in [3.63, 3.8) is 0 Å². The van der Waals surface area contributed by atoms with Crippen LogP contribution in [-0.2, 0) is 6.42 Å². The Morgan fingerprint density at radius 1 is 1.12 bits per heavy atom. The highest BCUT2D eigenvalue weighted by Gasteiger charge is 2.05. The molecule has 0 radical (unpaired) electrons. The molecule has 7 heteroatoms. The van der Waals surface area contributed by atoms with Gasteiger partial charge in [-0.2, -0.15) is 0 Å². The van der Waals surface area contributed by atoms with E-state index >= 15 is 0 Å². The molecule has 0 fully saturated rings. The summed E-state index contributed by atoms with van der Waals surface area (Å²) in [6, 6.07) is 11.2. The van der Waals surface area contributed by atoms with Gasteiger partial charge < -0.3 is 15.4 Å². The van der Waals surface area contributed by atoms with Crippen LogP contribution in [0, 0.1) is 0 Å². The van der Waals surface area contributed by atoms with Gasteiger partial charge in [-0.25, -0.2) is 0 Å².